The lowest BCUT2D eigenvalue weighted by Gasteiger charge is -2.18. The van der Waals surface area contributed by atoms with E-state index >= 15 is 0 Å². The lowest BCUT2D eigenvalue weighted by Crippen LogP contribution is -2.30. The van der Waals surface area contributed by atoms with E-state index in [1.54, 1.807) is 0 Å². The smallest absolute Gasteiger partial charge is 0.314 e. The third-order valence-corrected chi connectivity index (χ3v) is 3.18. The molecule has 0 fully saturated rings. The number of nitrogens with zero attached hydrogens (tertiary/aromatic N) is 1. The van der Waals surface area contributed by atoms with Crippen LogP contribution in [0.3, 0.4) is 0 Å². The molecule has 0 saturated carbocycles. The van der Waals surface area contributed by atoms with Crippen molar-refractivity contribution in [2.45, 2.75) is 45.3 Å². The van der Waals surface area contributed by atoms with Gasteiger partial charge in [0.1, 0.15) is 5.56 Å². The van der Waals surface area contributed by atoms with Crippen LogP contribution in [-0.2, 0) is 12.6 Å². The number of halogens is 3. The fourth-order valence-electron chi connectivity index (χ4n) is 2.29. The van der Waals surface area contributed by atoms with Crippen LogP contribution in [0, 0.1) is 10.1 Å². The molecule has 1 atom stereocenters. The molecule has 7 heteroatoms. The molecular formula is C14H19F3N2O2. The van der Waals surface area contributed by atoms with Gasteiger partial charge in [-0.05, 0) is 31.0 Å². The van der Waals surface area contributed by atoms with E-state index in [0.717, 1.165) is 31.5 Å². The second kappa shape index (κ2) is 7.40. The SMILES string of the molecule is CCCC(Cc1ccc([N+](=O)[O-])c(C(F)(F)F)c1)NCC. The van der Waals surface area contributed by atoms with Crippen molar-refractivity contribution in [2.75, 3.05) is 6.54 Å². The van der Waals surface area contributed by atoms with Gasteiger partial charge < -0.3 is 5.32 Å². The fraction of sp³-hybridized carbons (Fsp3) is 0.571. The Labute approximate surface area is 121 Å². The zero-order valence-corrected chi connectivity index (χ0v) is 12.0. The second-order valence-electron chi connectivity index (χ2n) is 4.85. The summed E-state index contributed by atoms with van der Waals surface area (Å²) in [6.45, 7) is 4.66. The lowest BCUT2D eigenvalue weighted by atomic mass is 9.99. The average molecular weight is 304 g/mol. The minimum absolute atomic E-state index is 0.0718. The molecule has 0 heterocycles. The van der Waals surface area contributed by atoms with Crippen LogP contribution < -0.4 is 5.32 Å². The van der Waals surface area contributed by atoms with Crippen LogP contribution in [0.15, 0.2) is 18.2 Å². The first-order valence-corrected chi connectivity index (χ1v) is 6.87. The van der Waals surface area contributed by atoms with Gasteiger partial charge in [0.05, 0.1) is 4.92 Å². The van der Waals surface area contributed by atoms with E-state index in [2.05, 4.69) is 5.32 Å². The first-order chi connectivity index (χ1) is 9.79. The Morgan fingerprint density at radius 1 is 1.33 bits per heavy atom. The van der Waals surface area contributed by atoms with Crippen LogP contribution in [0.2, 0.25) is 0 Å². The van der Waals surface area contributed by atoms with E-state index < -0.39 is 22.4 Å². The summed E-state index contributed by atoms with van der Waals surface area (Å²) in [5, 5.41) is 13.9. The highest BCUT2D eigenvalue weighted by Crippen LogP contribution is 2.36. The molecule has 1 rings (SSSR count). The molecule has 4 nitrogen and oxygen atoms in total. The molecule has 1 aromatic rings. The van der Waals surface area contributed by atoms with Gasteiger partial charge in [-0.2, -0.15) is 13.2 Å². The molecule has 0 aliphatic rings. The van der Waals surface area contributed by atoms with Crippen LogP contribution >= 0.6 is 0 Å². The van der Waals surface area contributed by atoms with Crippen molar-refractivity contribution in [1.82, 2.24) is 5.32 Å². The van der Waals surface area contributed by atoms with Gasteiger partial charge in [0, 0.05) is 12.1 Å². The van der Waals surface area contributed by atoms with Gasteiger partial charge in [-0.25, -0.2) is 0 Å². The van der Waals surface area contributed by atoms with E-state index in [1.807, 2.05) is 13.8 Å². The molecule has 1 N–H and O–H groups in total. The van der Waals surface area contributed by atoms with Crippen molar-refractivity contribution < 1.29 is 18.1 Å². The Morgan fingerprint density at radius 3 is 2.48 bits per heavy atom. The van der Waals surface area contributed by atoms with E-state index in [4.69, 9.17) is 0 Å². The maximum atomic E-state index is 12.9. The van der Waals surface area contributed by atoms with Gasteiger partial charge in [-0.1, -0.05) is 26.3 Å². The molecule has 1 unspecified atom stereocenters. The molecule has 0 aromatic heterocycles. The maximum Gasteiger partial charge on any atom is 0.423 e. The van der Waals surface area contributed by atoms with Gasteiger partial charge >= 0.3 is 6.18 Å². The van der Waals surface area contributed by atoms with E-state index in [9.17, 15) is 23.3 Å². The van der Waals surface area contributed by atoms with Gasteiger partial charge in [0.25, 0.3) is 5.69 Å². The Hall–Kier alpha value is -1.63. The summed E-state index contributed by atoms with van der Waals surface area (Å²) in [4.78, 5) is 9.70. The zero-order valence-electron chi connectivity index (χ0n) is 12.0. The van der Waals surface area contributed by atoms with E-state index in [1.165, 1.54) is 6.07 Å². The molecule has 0 saturated heterocycles. The van der Waals surface area contributed by atoms with Crippen molar-refractivity contribution in [3.8, 4) is 0 Å². The zero-order chi connectivity index (χ0) is 16.0. The monoisotopic (exact) mass is 304 g/mol. The van der Waals surface area contributed by atoms with E-state index in [0.29, 0.717) is 12.0 Å². The number of nitro benzene ring substituents is 1. The number of likely N-dealkylation sites (N-methyl/N-ethyl adjacent to an activating group) is 1. The van der Waals surface area contributed by atoms with E-state index in [-0.39, 0.29) is 6.04 Å². The molecular weight excluding hydrogens is 285 g/mol. The fourth-order valence-corrected chi connectivity index (χ4v) is 2.29. The number of nitro groups is 1. The standard InChI is InChI=1S/C14H19F3N2O2/c1-3-5-11(18-4-2)8-10-6-7-13(19(20)21)12(9-10)14(15,16)17/h6-7,9,11,18H,3-5,8H2,1-2H3. The normalized spacial score (nSPS) is 13.2. The first-order valence-electron chi connectivity index (χ1n) is 6.87. The molecule has 0 aliphatic heterocycles. The van der Waals surface area contributed by atoms with Crippen LogP contribution in [0.25, 0.3) is 0 Å². The summed E-state index contributed by atoms with van der Waals surface area (Å²) in [6, 6.07) is 3.29. The van der Waals surface area contributed by atoms with Gasteiger partial charge in [-0.3, -0.25) is 10.1 Å². The molecule has 0 amide bonds. The first kappa shape index (κ1) is 17.4. The number of alkyl halides is 3. The Morgan fingerprint density at radius 2 is 2.00 bits per heavy atom. The number of nitrogens with one attached hydrogen (secondary N) is 1. The number of hydrogen-bond acceptors (Lipinski definition) is 3. The van der Waals surface area contributed by atoms with Crippen molar-refractivity contribution in [2.24, 2.45) is 0 Å². The number of rotatable bonds is 7. The van der Waals surface area contributed by atoms with Crippen LogP contribution in [0.1, 0.15) is 37.8 Å². The molecule has 0 radical (unpaired) electrons. The lowest BCUT2D eigenvalue weighted by molar-refractivity contribution is -0.388. The summed E-state index contributed by atoms with van der Waals surface area (Å²) < 4.78 is 38.7. The van der Waals surface area contributed by atoms with Crippen LogP contribution in [0.4, 0.5) is 18.9 Å². The third kappa shape index (κ3) is 5.00. The predicted octanol–water partition coefficient (Wildman–Crippen LogP) is 3.93. The highest BCUT2D eigenvalue weighted by Gasteiger charge is 2.38. The number of hydrogen-bond donors (Lipinski definition) is 1. The summed E-state index contributed by atoms with van der Waals surface area (Å²) in [5.41, 5.74) is -1.63. The van der Waals surface area contributed by atoms with Gasteiger partial charge in [-0.15, -0.1) is 0 Å². The third-order valence-electron chi connectivity index (χ3n) is 3.18. The quantitative estimate of drug-likeness (QED) is 0.613. The largest absolute Gasteiger partial charge is 0.423 e. The highest BCUT2D eigenvalue weighted by molar-refractivity contribution is 5.44. The summed E-state index contributed by atoms with van der Waals surface area (Å²) in [6.07, 6.45) is -2.55. The summed E-state index contributed by atoms with van der Waals surface area (Å²) >= 11 is 0. The maximum absolute atomic E-state index is 12.9. The van der Waals surface area contributed by atoms with Crippen molar-refractivity contribution in [3.63, 3.8) is 0 Å². The van der Waals surface area contributed by atoms with Crippen LogP contribution in [0.5, 0.6) is 0 Å². The highest BCUT2D eigenvalue weighted by atomic mass is 19.4. The Balaban J connectivity index is 3.07. The number of benzene rings is 1. The topological polar surface area (TPSA) is 55.2 Å². The summed E-state index contributed by atoms with van der Waals surface area (Å²) in [5.74, 6) is 0. The second-order valence-corrected chi connectivity index (χ2v) is 4.85. The minimum atomic E-state index is -4.73. The molecule has 0 spiro atoms. The van der Waals surface area contributed by atoms with Gasteiger partial charge in [0.2, 0.25) is 0 Å². The van der Waals surface area contributed by atoms with Gasteiger partial charge in [0.15, 0.2) is 0 Å². The average Bonchev–Trinajstić information content (AvgIpc) is 2.38. The summed E-state index contributed by atoms with van der Waals surface area (Å²) in [7, 11) is 0. The molecule has 21 heavy (non-hydrogen) atoms. The molecule has 0 aliphatic carbocycles. The van der Waals surface area contributed by atoms with Crippen molar-refractivity contribution in [1.29, 1.82) is 0 Å². The Bertz CT molecular complexity index is 484. The van der Waals surface area contributed by atoms with Crippen molar-refractivity contribution >= 4 is 5.69 Å². The molecule has 118 valence electrons. The molecule has 0 bridgehead atoms. The predicted molar refractivity (Wildman–Crippen MR) is 74.2 cm³/mol. The minimum Gasteiger partial charge on any atom is -0.314 e. The Kier molecular flexibility index (Phi) is 6.14. The van der Waals surface area contributed by atoms with Crippen molar-refractivity contribution in [3.05, 3.63) is 39.4 Å². The van der Waals surface area contributed by atoms with Crippen LogP contribution in [-0.4, -0.2) is 17.5 Å². The molecule has 1 aromatic carbocycles.